The first-order valence-electron chi connectivity index (χ1n) is 4.32. The van der Waals surface area contributed by atoms with Crippen LogP contribution in [0.4, 0.5) is 5.69 Å². The Hall–Kier alpha value is -2.86. The van der Waals surface area contributed by atoms with Crippen LogP contribution in [0.5, 0.6) is 0 Å². The minimum Gasteiger partial charge on any atom is -0.356 e. The smallest absolute Gasteiger partial charge is 0.237 e. The van der Waals surface area contributed by atoms with E-state index in [1.54, 1.807) is 36.5 Å². The Morgan fingerprint density at radius 2 is 2.19 bits per heavy atom. The highest BCUT2D eigenvalue weighted by Crippen LogP contribution is 2.18. The number of aromatic nitrogens is 1. The van der Waals surface area contributed by atoms with Crippen LogP contribution in [0.25, 0.3) is 11.0 Å². The molecule has 0 bridgehead atoms. The van der Waals surface area contributed by atoms with Crippen LogP contribution in [-0.4, -0.2) is 10.9 Å². The normalized spacial score (nSPS) is 9.12. The molecule has 2 aromatic rings. The summed E-state index contributed by atoms with van der Waals surface area (Å²) in [5.41, 5.74) is 3.57. The number of nitrogens with zero attached hydrogens (tertiary/aromatic N) is 4. The molecule has 6 nitrogen and oxygen atoms in total. The van der Waals surface area contributed by atoms with Gasteiger partial charge in [0.1, 0.15) is 12.1 Å². The van der Waals surface area contributed by atoms with E-state index in [9.17, 15) is 0 Å². The first-order chi connectivity index (χ1) is 7.83. The van der Waals surface area contributed by atoms with Crippen molar-refractivity contribution in [3.63, 3.8) is 0 Å². The third-order valence-electron chi connectivity index (χ3n) is 1.87. The van der Waals surface area contributed by atoms with Gasteiger partial charge in [-0.3, -0.25) is 5.43 Å². The standard InChI is InChI=1S/C10H5N5O/c11-4-9(5-12)15-14-8-2-1-7-6-13-16-10(7)3-8/h1-3,6,14H. The van der Waals surface area contributed by atoms with E-state index in [1.165, 1.54) is 0 Å². The number of nitrogens with one attached hydrogen (secondary N) is 1. The number of benzene rings is 1. The number of hydrazone groups is 1. The SMILES string of the molecule is N#CC(C#N)=NNc1ccc2cnoc2c1. The average Bonchev–Trinajstić information content (AvgIpc) is 2.77. The van der Waals surface area contributed by atoms with Crippen molar-refractivity contribution in [3.05, 3.63) is 24.4 Å². The first-order valence-corrected chi connectivity index (χ1v) is 4.32. The van der Waals surface area contributed by atoms with Crippen molar-refractivity contribution >= 4 is 22.4 Å². The fourth-order valence-corrected chi connectivity index (χ4v) is 1.12. The van der Waals surface area contributed by atoms with E-state index in [-0.39, 0.29) is 5.71 Å². The highest BCUT2D eigenvalue weighted by atomic mass is 16.5. The van der Waals surface area contributed by atoms with Gasteiger partial charge in [0.15, 0.2) is 5.58 Å². The number of anilines is 1. The largest absolute Gasteiger partial charge is 0.356 e. The van der Waals surface area contributed by atoms with Crippen molar-refractivity contribution in [3.8, 4) is 12.1 Å². The van der Waals surface area contributed by atoms with Gasteiger partial charge in [-0.05, 0) is 12.1 Å². The molecular weight excluding hydrogens is 206 g/mol. The monoisotopic (exact) mass is 211 g/mol. The van der Waals surface area contributed by atoms with Crippen LogP contribution in [0.2, 0.25) is 0 Å². The van der Waals surface area contributed by atoms with Crippen molar-refractivity contribution in [2.24, 2.45) is 5.10 Å². The van der Waals surface area contributed by atoms with Crippen LogP contribution < -0.4 is 5.43 Å². The van der Waals surface area contributed by atoms with Crippen LogP contribution in [-0.2, 0) is 0 Å². The Balaban J connectivity index is 2.26. The highest BCUT2D eigenvalue weighted by molar-refractivity contribution is 6.10. The molecule has 1 N–H and O–H groups in total. The van der Waals surface area contributed by atoms with Crippen LogP contribution in [0.15, 0.2) is 34.0 Å². The van der Waals surface area contributed by atoms with Crippen molar-refractivity contribution < 1.29 is 4.52 Å². The lowest BCUT2D eigenvalue weighted by atomic mass is 10.2. The van der Waals surface area contributed by atoms with Crippen molar-refractivity contribution in [2.45, 2.75) is 0 Å². The summed E-state index contributed by atoms with van der Waals surface area (Å²) in [5, 5.41) is 25.0. The molecule has 0 saturated heterocycles. The van der Waals surface area contributed by atoms with Gasteiger partial charge in [0.2, 0.25) is 5.71 Å². The third kappa shape index (κ3) is 1.81. The van der Waals surface area contributed by atoms with E-state index >= 15 is 0 Å². The zero-order valence-electron chi connectivity index (χ0n) is 8.01. The first kappa shape index (κ1) is 9.69. The molecule has 0 unspecified atom stereocenters. The molecule has 0 atom stereocenters. The second kappa shape index (κ2) is 4.11. The second-order valence-corrected chi connectivity index (χ2v) is 2.87. The molecule has 0 spiro atoms. The summed E-state index contributed by atoms with van der Waals surface area (Å²) in [4.78, 5) is 0. The molecule has 16 heavy (non-hydrogen) atoms. The van der Waals surface area contributed by atoms with Crippen LogP contribution in [0.1, 0.15) is 0 Å². The van der Waals surface area contributed by atoms with Gasteiger partial charge in [-0.15, -0.1) is 0 Å². The maximum Gasteiger partial charge on any atom is 0.237 e. The zero-order valence-corrected chi connectivity index (χ0v) is 8.01. The van der Waals surface area contributed by atoms with Gasteiger partial charge in [0.25, 0.3) is 0 Å². The van der Waals surface area contributed by atoms with Crippen molar-refractivity contribution in [2.75, 3.05) is 5.43 Å². The van der Waals surface area contributed by atoms with Gasteiger partial charge in [-0.1, -0.05) is 5.16 Å². The van der Waals surface area contributed by atoms with E-state index in [0.717, 1.165) is 5.39 Å². The number of hydrogen-bond acceptors (Lipinski definition) is 6. The van der Waals surface area contributed by atoms with Gasteiger partial charge in [-0.25, -0.2) is 0 Å². The minimum atomic E-state index is -0.238. The average molecular weight is 211 g/mol. The lowest BCUT2D eigenvalue weighted by molar-refractivity contribution is 0.456. The molecule has 0 aliphatic carbocycles. The Morgan fingerprint density at radius 3 is 2.94 bits per heavy atom. The number of hydrogen-bond donors (Lipinski definition) is 1. The zero-order chi connectivity index (χ0) is 11.4. The minimum absolute atomic E-state index is 0.238. The van der Waals surface area contributed by atoms with Gasteiger partial charge in [0, 0.05) is 11.5 Å². The van der Waals surface area contributed by atoms with Gasteiger partial charge >= 0.3 is 0 Å². The summed E-state index contributed by atoms with van der Waals surface area (Å²) in [6, 6.07) is 8.51. The van der Waals surface area contributed by atoms with E-state index in [1.807, 2.05) is 0 Å². The molecule has 0 radical (unpaired) electrons. The topological polar surface area (TPSA) is 98.0 Å². The summed E-state index contributed by atoms with van der Waals surface area (Å²) in [6.45, 7) is 0. The van der Waals surface area contributed by atoms with Gasteiger partial charge in [-0.2, -0.15) is 15.6 Å². The van der Waals surface area contributed by atoms with E-state index in [4.69, 9.17) is 15.0 Å². The summed E-state index contributed by atoms with van der Waals surface area (Å²) in [6.07, 6.45) is 1.60. The molecule has 0 aliphatic heterocycles. The molecule has 1 heterocycles. The fourth-order valence-electron chi connectivity index (χ4n) is 1.12. The maximum absolute atomic E-state index is 8.47. The summed E-state index contributed by atoms with van der Waals surface area (Å²) in [5.74, 6) is 0. The molecular formula is C10H5N5O. The Kier molecular flexibility index (Phi) is 2.49. The van der Waals surface area contributed by atoms with Gasteiger partial charge < -0.3 is 4.52 Å². The van der Waals surface area contributed by atoms with Gasteiger partial charge in [0.05, 0.1) is 11.9 Å². The maximum atomic E-state index is 8.47. The summed E-state index contributed by atoms with van der Waals surface area (Å²) >= 11 is 0. The molecule has 0 amide bonds. The molecule has 0 fully saturated rings. The molecule has 6 heteroatoms. The molecule has 0 aliphatic rings. The van der Waals surface area contributed by atoms with Crippen LogP contribution in [0, 0.1) is 22.7 Å². The molecule has 1 aromatic carbocycles. The molecule has 0 saturated carbocycles. The Labute approximate surface area is 90.4 Å². The van der Waals surface area contributed by atoms with E-state index < -0.39 is 0 Å². The van der Waals surface area contributed by atoms with Crippen molar-refractivity contribution in [1.29, 1.82) is 10.5 Å². The van der Waals surface area contributed by atoms with E-state index in [0.29, 0.717) is 11.3 Å². The quantitative estimate of drug-likeness (QED) is 0.601. The lowest BCUT2D eigenvalue weighted by Crippen LogP contribution is -1.95. The molecule has 2 rings (SSSR count). The second-order valence-electron chi connectivity index (χ2n) is 2.87. The van der Waals surface area contributed by atoms with Crippen molar-refractivity contribution in [1.82, 2.24) is 5.16 Å². The van der Waals surface area contributed by atoms with Crippen LogP contribution in [0.3, 0.4) is 0 Å². The number of rotatable bonds is 2. The molecule has 1 aromatic heterocycles. The highest BCUT2D eigenvalue weighted by Gasteiger charge is 2.00. The third-order valence-corrected chi connectivity index (χ3v) is 1.87. The number of fused-ring (bicyclic) bond motifs is 1. The summed E-state index contributed by atoms with van der Waals surface area (Å²) in [7, 11) is 0. The van der Waals surface area contributed by atoms with Crippen LogP contribution >= 0.6 is 0 Å². The Morgan fingerprint density at radius 1 is 1.38 bits per heavy atom. The summed E-state index contributed by atoms with van der Waals surface area (Å²) < 4.78 is 4.95. The predicted octanol–water partition coefficient (Wildman–Crippen LogP) is 1.64. The number of nitriles is 2. The Bertz CT molecular complexity index is 612. The lowest BCUT2D eigenvalue weighted by Gasteiger charge is -1.97. The predicted molar refractivity (Wildman–Crippen MR) is 56.3 cm³/mol. The fraction of sp³-hybridized carbons (Fsp3) is 0. The van der Waals surface area contributed by atoms with E-state index in [2.05, 4.69) is 15.7 Å². The molecule has 76 valence electrons.